The third-order valence-electron chi connectivity index (χ3n) is 7.31. The Morgan fingerprint density at radius 2 is 1.03 bits per heavy atom. The molecule has 1 heteroatoms. The molecule has 1 heterocycles. The van der Waals surface area contributed by atoms with Gasteiger partial charge in [-0.1, -0.05) is 103 Å². The maximum Gasteiger partial charge on any atom is 0.0754 e. The summed E-state index contributed by atoms with van der Waals surface area (Å²) in [5, 5.41) is 0. The van der Waals surface area contributed by atoms with Crippen molar-refractivity contribution in [3.05, 3.63) is 149 Å². The number of rotatable bonds is 1. The average molecular weight is 422 g/mol. The van der Waals surface area contributed by atoms with Crippen LogP contribution in [0.15, 0.2) is 121 Å². The van der Waals surface area contributed by atoms with E-state index in [9.17, 15) is 0 Å². The fraction of sp³-hybridized carbons (Fsp3) is 0.0625. The zero-order chi connectivity index (χ0) is 22.0. The molecule has 0 bridgehead atoms. The summed E-state index contributed by atoms with van der Waals surface area (Å²) in [7, 11) is 0. The molecule has 0 fully saturated rings. The Morgan fingerprint density at radius 1 is 0.485 bits per heavy atom. The van der Waals surface area contributed by atoms with Crippen molar-refractivity contribution in [1.82, 2.24) is 0 Å². The van der Waals surface area contributed by atoms with Crippen LogP contribution in [0.1, 0.15) is 27.8 Å². The van der Waals surface area contributed by atoms with Gasteiger partial charge in [0.05, 0.1) is 16.8 Å². The van der Waals surface area contributed by atoms with E-state index in [-0.39, 0.29) is 5.41 Å². The fourth-order valence-corrected chi connectivity index (χ4v) is 6.08. The molecule has 1 nitrogen and oxygen atoms in total. The number of para-hydroxylation sites is 3. The van der Waals surface area contributed by atoms with E-state index in [0.717, 1.165) is 0 Å². The van der Waals surface area contributed by atoms with E-state index in [0.29, 0.717) is 0 Å². The zero-order valence-electron chi connectivity index (χ0n) is 18.5. The van der Waals surface area contributed by atoms with Crippen molar-refractivity contribution >= 4 is 17.1 Å². The maximum absolute atomic E-state index is 2.42. The lowest BCUT2D eigenvalue weighted by Gasteiger charge is -2.45. The minimum absolute atomic E-state index is 0.337. The fourth-order valence-electron chi connectivity index (χ4n) is 6.08. The minimum atomic E-state index is -0.337. The second-order valence-corrected chi connectivity index (χ2v) is 9.05. The van der Waals surface area contributed by atoms with Crippen LogP contribution in [0.25, 0.3) is 11.1 Å². The van der Waals surface area contributed by atoms with Crippen LogP contribution < -0.4 is 4.90 Å². The number of aryl methyl sites for hydroxylation is 1. The van der Waals surface area contributed by atoms with E-state index in [2.05, 4.69) is 133 Å². The Balaban J connectivity index is 1.68. The first kappa shape index (κ1) is 18.5. The second kappa shape index (κ2) is 6.70. The van der Waals surface area contributed by atoms with Crippen LogP contribution in [0.2, 0.25) is 0 Å². The predicted molar refractivity (Wildman–Crippen MR) is 137 cm³/mol. The van der Waals surface area contributed by atoms with E-state index >= 15 is 0 Å². The van der Waals surface area contributed by atoms with Gasteiger partial charge in [-0.15, -0.1) is 0 Å². The summed E-state index contributed by atoms with van der Waals surface area (Å²) in [6.07, 6.45) is 0. The van der Waals surface area contributed by atoms with E-state index in [1.165, 1.54) is 56.0 Å². The van der Waals surface area contributed by atoms with E-state index in [1.807, 2.05) is 0 Å². The number of fused-ring (bicyclic) bond motifs is 9. The van der Waals surface area contributed by atoms with Gasteiger partial charge in [0.15, 0.2) is 0 Å². The highest BCUT2D eigenvalue weighted by molar-refractivity contribution is 5.95. The molecule has 7 rings (SSSR count). The summed E-state index contributed by atoms with van der Waals surface area (Å²) in [6.45, 7) is 2.20. The summed E-state index contributed by atoms with van der Waals surface area (Å²) < 4.78 is 0. The molecular weight excluding hydrogens is 398 g/mol. The molecule has 5 aromatic carbocycles. The highest BCUT2D eigenvalue weighted by Gasteiger charge is 2.51. The van der Waals surface area contributed by atoms with Crippen molar-refractivity contribution in [3.63, 3.8) is 0 Å². The molecule has 0 saturated heterocycles. The first-order valence-electron chi connectivity index (χ1n) is 11.6. The van der Waals surface area contributed by atoms with Crippen LogP contribution in [0.4, 0.5) is 17.1 Å². The molecular formula is C32H23N. The van der Waals surface area contributed by atoms with Crippen LogP contribution >= 0.6 is 0 Å². The van der Waals surface area contributed by atoms with Gasteiger partial charge in [0.25, 0.3) is 0 Å². The first-order chi connectivity index (χ1) is 16.3. The molecule has 156 valence electrons. The zero-order valence-corrected chi connectivity index (χ0v) is 18.5. The summed E-state index contributed by atoms with van der Waals surface area (Å²) in [6, 6.07) is 44.6. The smallest absolute Gasteiger partial charge is 0.0754 e. The number of anilines is 3. The standard InChI is InChI=1S/C32H23N/c1-22-19-20-25-24-13-5-6-14-26(24)32(29(25)21-22)27-15-7-9-17-30(27)33(23-11-3-2-4-12-23)31-18-10-8-16-28(31)32/h2-21H,1H3. The molecule has 0 N–H and O–H groups in total. The van der Waals surface area contributed by atoms with Crippen molar-refractivity contribution in [1.29, 1.82) is 0 Å². The van der Waals surface area contributed by atoms with Crippen LogP contribution in [0.3, 0.4) is 0 Å². The lowest BCUT2D eigenvalue weighted by atomic mass is 9.64. The Kier molecular flexibility index (Phi) is 3.75. The third-order valence-corrected chi connectivity index (χ3v) is 7.31. The Morgan fingerprint density at radius 3 is 1.73 bits per heavy atom. The predicted octanol–water partition coefficient (Wildman–Crippen LogP) is 8.14. The van der Waals surface area contributed by atoms with Crippen molar-refractivity contribution in [2.45, 2.75) is 12.3 Å². The molecule has 33 heavy (non-hydrogen) atoms. The molecule has 1 aliphatic carbocycles. The summed E-state index contributed by atoms with van der Waals surface area (Å²) in [5.41, 5.74) is 12.7. The van der Waals surface area contributed by atoms with E-state index < -0.39 is 0 Å². The van der Waals surface area contributed by atoms with E-state index in [1.54, 1.807) is 0 Å². The largest absolute Gasteiger partial charge is 0.310 e. The lowest BCUT2D eigenvalue weighted by molar-refractivity contribution is 0.752. The highest BCUT2D eigenvalue weighted by Crippen LogP contribution is 2.63. The van der Waals surface area contributed by atoms with Crippen molar-refractivity contribution < 1.29 is 0 Å². The van der Waals surface area contributed by atoms with Gasteiger partial charge >= 0.3 is 0 Å². The number of nitrogens with zero attached hydrogens (tertiary/aromatic N) is 1. The van der Waals surface area contributed by atoms with Crippen molar-refractivity contribution in [2.75, 3.05) is 4.90 Å². The molecule has 0 saturated carbocycles. The number of hydrogen-bond donors (Lipinski definition) is 0. The van der Waals surface area contributed by atoms with Gasteiger partial charge in [-0.3, -0.25) is 0 Å². The van der Waals surface area contributed by atoms with Gasteiger partial charge in [0.2, 0.25) is 0 Å². The number of benzene rings is 5. The van der Waals surface area contributed by atoms with Gasteiger partial charge in [-0.05, 0) is 64.6 Å². The topological polar surface area (TPSA) is 3.24 Å². The molecule has 1 spiro atoms. The van der Waals surface area contributed by atoms with Crippen LogP contribution in [-0.4, -0.2) is 0 Å². The monoisotopic (exact) mass is 421 g/mol. The maximum atomic E-state index is 2.42. The van der Waals surface area contributed by atoms with Crippen molar-refractivity contribution in [3.8, 4) is 11.1 Å². The van der Waals surface area contributed by atoms with E-state index in [4.69, 9.17) is 0 Å². The first-order valence-corrected chi connectivity index (χ1v) is 11.6. The van der Waals surface area contributed by atoms with Gasteiger partial charge in [-0.25, -0.2) is 0 Å². The van der Waals surface area contributed by atoms with Crippen LogP contribution in [0, 0.1) is 6.92 Å². The SMILES string of the molecule is Cc1ccc2c(c1)C1(c3ccccc3-2)c2ccccc2N(c2ccccc2)c2ccccc21. The average Bonchev–Trinajstić information content (AvgIpc) is 3.15. The third kappa shape index (κ3) is 2.32. The highest BCUT2D eigenvalue weighted by atomic mass is 15.2. The van der Waals surface area contributed by atoms with Gasteiger partial charge in [0.1, 0.15) is 0 Å². The normalized spacial score (nSPS) is 14.4. The lowest BCUT2D eigenvalue weighted by Crippen LogP contribution is -2.36. The Labute approximate surface area is 194 Å². The van der Waals surface area contributed by atoms with Crippen LogP contribution in [-0.2, 0) is 5.41 Å². The summed E-state index contributed by atoms with van der Waals surface area (Å²) in [4.78, 5) is 2.42. The number of hydrogen-bond acceptors (Lipinski definition) is 1. The molecule has 0 atom stereocenters. The Bertz CT molecular complexity index is 1480. The van der Waals surface area contributed by atoms with Gasteiger partial charge in [0, 0.05) is 5.69 Å². The quantitative estimate of drug-likeness (QED) is 0.258. The molecule has 2 aliphatic rings. The van der Waals surface area contributed by atoms with Gasteiger partial charge < -0.3 is 4.90 Å². The molecule has 0 aromatic heterocycles. The molecule has 0 amide bonds. The second-order valence-electron chi connectivity index (χ2n) is 9.05. The molecule has 0 unspecified atom stereocenters. The van der Waals surface area contributed by atoms with Gasteiger partial charge in [-0.2, -0.15) is 0 Å². The van der Waals surface area contributed by atoms with Crippen molar-refractivity contribution in [2.24, 2.45) is 0 Å². The summed E-state index contributed by atoms with van der Waals surface area (Å²) in [5.74, 6) is 0. The van der Waals surface area contributed by atoms with Crippen LogP contribution in [0.5, 0.6) is 0 Å². The molecule has 0 radical (unpaired) electrons. The Hall–Kier alpha value is -4.10. The molecule has 1 aliphatic heterocycles. The molecule has 5 aromatic rings. The minimum Gasteiger partial charge on any atom is -0.310 e. The summed E-state index contributed by atoms with van der Waals surface area (Å²) >= 11 is 0.